The maximum absolute atomic E-state index is 12.7. The van der Waals surface area contributed by atoms with Crippen molar-refractivity contribution < 1.29 is 4.79 Å². The highest BCUT2D eigenvalue weighted by Gasteiger charge is 2.37. The van der Waals surface area contributed by atoms with Crippen LogP contribution in [0.3, 0.4) is 0 Å². The maximum atomic E-state index is 12.7. The largest absolute Gasteiger partial charge is 0.367 e. The van der Waals surface area contributed by atoms with Crippen molar-refractivity contribution in [2.45, 2.75) is 72.9 Å². The predicted octanol–water partition coefficient (Wildman–Crippen LogP) is 4.46. The molecule has 1 aliphatic heterocycles. The molecule has 0 bridgehead atoms. The van der Waals surface area contributed by atoms with Crippen molar-refractivity contribution in [1.82, 2.24) is 4.90 Å². The highest BCUT2D eigenvalue weighted by molar-refractivity contribution is 5.82. The highest BCUT2D eigenvalue weighted by atomic mass is 16.2. The fourth-order valence-corrected chi connectivity index (χ4v) is 3.49. The molecule has 0 aromatic heterocycles. The van der Waals surface area contributed by atoms with Crippen LogP contribution in [0.2, 0.25) is 0 Å². The Labute approximate surface area is 148 Å². The van der Waals surface area contributed by atoms with Crippen LogP contribution >= 0.6 is 0 Å². The third-order valence-electron chi connectivity index (χ3n) is 4.89. The van der Waals surface area contributed by atoms with Crippen molar-refractivity contribution in [2.24, 2.45) is 5.41 Å². The second-order valence-corrected chi connectivity index (χ2v) is 9.36. The summed E-state index contributed by atoms with van der Waals surface area (Å²) in [4.78, 5) is 17.2. The Morgan fingerprint density at radius 2 is 1.38 bits per heavy atom. The Bertz CT molecular complexity index is 565. The molecule has 1 aromatic rings. The van der Waals surface area contributed by atoms with E-state index < -0.39 is 0 Å². The first kappa shape index (κ1) is 18.8. The molecule has 0 saturated carbocycles. The number of rotatable bonds is 1. The van der Waals surface area contributed by atoms with Crippen LogP contribution in [0.4, 0.5) is 5.69 Å². The van der Waals surface area contributed by atoms with Crippen LogP contribution < -0.4 is 4.90 Å². The van der Waals surface area contributed by atoms with Crippen molar-refractivity contribution in [3.8, 4) is 0 Å². The van der Waals surface area contributed by atoms with Crippen molar-refractivity contribution in [3.05, 3.63) is 29.8 Å². The molecule has 1 fully saturated rings. The standard InChI is InChI=1S/C21H34N2O/c1-15-13-22(14-16(2)23(15)19(24)21(6,7)8)18-11-9-17(10-12-18)20(3,4)5/h9-12,15-16H,13-14H2,1-8H3. The zero-order chi connectivity index (χ0) is 18.3. The minimum absolute atomic E-state index is 0.178. The van der Waals surface area contributed by atoms with E-state index in [1.165, 1.54) is 11.3 Å². The van der Waals surface area contributed by atoms with Gasteiger partial charge in [0.25, 0.3) is 0 Å². The van der Waals surface area contributed by atoms with E-state index in [1.807, 2.05) is 20.8 Å². The molecule has 1 heterocycles. The smallest absolute Gasteiger partial charge is 0.228 e. The van der Waals surface area contributed by atoms with Gasteiger partial charge in [-0.25, -0.2) is 0 Å². The van der Waals surface area contributed by atoms with Crippen LogP contribution in [-0.4, -0.2) is 36.0 Å². The number of anilines is 1. The Morgan fingerprint density at radius 3 is 1.75 bits per heavy atom. The van der Waals surface area contributed by atoms with Crippen LogP contribution in [0.25, 0.3) is 0 Å². The van der Waals surface area contributed by atoms with Gasteiger partial charge in [0.1, 0.15) is 0 Å². The number of hydrogen-bond donors (Lipinski definition) is 0. The van der Waals surface area contributed by atoms with E-state index >= 15 is 0 Å². The van der Waals surface area contributed by atoms with Crippen LogP contribution in [0, 0.1) is 5.41 Å². The molecule has 0 spiro atoms. The zero-order valence-corrected chi connectivity index (χ0v) is 16.7. The molecule has 3 nitrogen and oxygen atoms in total. The second-order valence-electron chi connectivity index (χ2n) is 9.36. The molecular formula is C21H34N2O. The van der Waals surface area contributed by atoms with E-state index in [1.54, 1.807) is 0 Å². The monoisotopic (exact) mass is 330 g/mol. The van der Waals surface area contributed by atoms with Gasteiger partial charge < -0.3 is 9.80 Å². The number of piperazine rings is 1. The van der Waals surface area contributed by atoms with Crippen LogP contribution in [0.5, 0.6) is 0 Å². The number of benzene rings is 1. The fraction of sp³-hybridized carbons (Fsp3) is 0.667. The van der Waals surface area contributed by atoms with E-state index in [4.69, 9.17) is 0 Å². The summed E-state index contributed by atoms with van der Waals surface area (Å²) < 4.78 is 0. The van der Waals surface area contributed by atoms with Crippen molar-refractivity contribution in [3.63, 3.8) is 0 Å². The Hall–Kier alpha value is -1.51. The lowest BCUT2D eigenvalue weighted by Crippen LogP contribution is -2.60. The maximum Gasteiger partial charge on any atom is 0.228 e. The number of amides is 1. The lowest BCUT2D eigenvalue weighted by atomic mass is 9.87. The van der Waals surface area contributed by atoms with Gasteiger partial charge in [-0.05, 0) is 37.0 Å². The van der Waals surface area contributed by atoms with Gasteiger partial charge in [0.05, 0.1) is 0 Å². The molecular weight excluding hydrogens is 296 g/mol. The van der Waals surface area contributed by atoms with E-state index in [0.29, 0.717) is 0 Å². The summed E-state index contributed by atoms with van der Waals surface area (Å²) in [7, 11) is 0. The average molecular weight is 331 g/mol. The first-order valence-electron chi connectivity index (χ1n) is 9.09. The SMILES string of the molecule is CC1CN(c2ccc(C(C)(C)C)cc2)CC(C)N1C(=O)C(C)(C)C. The Balaban J connectivity index is 2.15. The van der Waals surface area contributed by atoms with Gasteiger partial charge in [0.15, 0.2) is 0 Å². The van der Waals surface area contributed by atoms with Crippen molar-refractivity contribution in [2.75, 3.05) is 18.0 Å². The lowest BCUT2D eigenvalue weighted by molar-refractivity contribution is -0.144. The summed E-state index contributed by atoms with van der Waals surface area (Å²) in [6.45, 7) is 18.8. The van der Waals surface area contributed by atoms with E-state index in [9.17, 15) is 4.79 Å². The summed E-state index contributed by atoms with van der Waals surface area (Å²) >= 11 is 0. The molecule has 2 atom stereocenters. The zero-order valence-electron chi connectivity index (χ0n) is 16.7. The predicted molar refractivity (Wildman–Crippen MR) is 103 cm³/mol. The number of carbonyl (C=O) groups is 1. The summed E-state index contributed by atoms with van der Waals surface area (Å²) in [6, 6.07) is 9.36. The molecule has 1 aromatic carbocycles. The first-order valence-corrected chi connectivity index (χ1v) is 9.09. The second kappa shape index (κ2) is 6.42. The fourth-order valence-electron chi connectivity index (χ4n) is 3.49. The number of nitrogens with zero attached hydrogens (tertiary/aromatic N) is 2. The molecule has 3 heteroatoms. The molecule has 0 N–H and O–H groups in total. The average Bonchev–Trinajstić information content (AvgIpc) is 2.44. The van der Waals surface area contributed by atoms with Gasteiger partial charge in [0, 0.05) is 36.3 Å². The van der Waals surface area contributed by atoms with Crippen molar-refractivity contribution >= 4 is 11.6 Å². The molecule has 134 valence electrons. The summed E-state index contributed by atoms with van der Waals surface area (Å²) in [5.74, 6) is 0.255. The Kier molecular flexibility index (Phi) is 5.03. The third-order valence-corrected chi connectivity index (χ3v) is 4.89. The van der Waals surface area contributed by atoms with Crippen LogP contribution in [0.1, 0.15) is 61.0 Å². The lowest BCUT2D eigenvalue weighted by Gasteiger charge is -2.47. The third kappa shape index (κ3) is 3.93. The molecule has 1 aliphatic rings. The molecule has 2 unspecified atom stereocenters. The van der Waals surface area contributed by atoms with Crippen LogP contribution in [-0.2, 0) is 10.2 Å². The topological polar surface area (TPSA) is 23.6 Å². The number of hydrogen-bond acceptors (Lipinski definition) is 2. The molecule has 1 saturated heterocycles. The summed E-state index contributed by atoms with van der Waals surface area (Å²) in [5, 5.41) is 0. The van der Waals surface area contributed by atoms with E-state index in [2.05, 4.69) is 68.7 Å². The molecule has 0 aliphatic carbocycles. The van der Waals surface area contributed by atoms with Gasteiger partial charge >= 0.3 is 0 Å². The van der Waals surface area contributed by atoms with Gasteiger partial charge in [-0.3, -0.25) is 4.79 Å². The first-order chi connectivity index (χ1) is 10.9. The van der Waals surface area contributed by atoms with Gasteiger partial charge in [-0.2, -0.15) is 0 Å². The normalized spacial score (nSPS) is 22.7. The van der Waals surface area contributed by atoms with Gasteiger partial charge in [-0.1, -0.05) is 53.7 Å². The van der Waals surface area contributed by atoms with Gasteiger partial charge in [-0.15, -0.1) is 0 Å². The molecule has 2 rings (SSSR count). The highest BCUT2D eigenvalue weighted by Crippen LogP contribution is 2.29. The quantitative estimate of drug-likeness (QED) is 0.759. The summed E-state index contributed by atoms with van der Waals surface area (Å²) in [6.07, 6.45) is 0. The molecule has 24 heavy (non-hydrogen) atoms. The van der Waals surface area contributed by atoms with Crippen molar-refractivity contribution in [1.29, 1.82) is 0 Å². The minimum Gasteiger partial charge on any atom is -0.367 e. The van der Waals surface area contributed by atoms with Gasteiger partial charge in [0.2, 0.25) is 5.91 Å². The number of carbonyl (C=O) groups excluding carboxylic acids is 1. The summed E-state index contributed by atoms with van der Waals surface area (Å²) in [5.41, 5.74) is 2.47. The molecule has 1 amide bonds. The minimum atomic E-state index is -0.320. The van der Waals surface area contributed by atoms with Crippen LogP contribution in [0.15, 0.2) is 24.3 Å². The molecule has 0 radical (unpaired) electrons. The van der Waals surface area contributed by atoms with E-state index in [0.717, 1.165) is 13.1 Å². The Morgan fingerprint density at radius 1 is 0.917 bits per heavy atom. The van der Waals surface area contributed by atoms with E-state index in [-0.39, 0.29) is 28.8 Å².